The Morgan fingerprint density at radius 1 is 1.12 bits per heavy atom. The number of halogens is 1. The van der Waals surface area contributed by atoms with Crippen LogP contribution in [-0.2, 0) is 21.2 Å². The fraction of sp³-hybridized carbons (Fsp3) is 0.588. The maximum atomic E-state index is 12.3. The summed E-state index contributed by atoms with van der Waals surface area (Å²) >= 11 is 5.85. The molecule has 1 aliphatic heterocycles. The zero-order valence-electron chi connectivity index (χ0n) is 14.1. The lowest BCUT2D eigenvalue weighted by atomic mass is 10.1. The zero-order chi connectivity index (χ0) is 17.6. The Morgan fingerprint density at radius 2 is 1.75 bits per heavy atom. The summed E-state index contributed by atoms with van der Waals surface area (Å²) in [5.41, 5.74) is 1.08. The standard InChI is InChI=1S/C17H25ClN2O3S/c1-2-3-14-24(22,23)20-12-10-19(11-13-20)17(21)9-6-15-4-7-16(18)8-5-15/h4-5,7-8H,2-3,6,9-14H2,1H3. The van der Waals surface area contributed by atoms with Gasteiger partial charge in [0.25, 0.3) is 0 Å². The van der Waals surface area contributed by atoms with Crippen molar-refractivity contribution in [1.29, 1.82) is 0 Å². The van der Waals surface area contributed by atoms with Crippen molar-refractivity contribution in [2.45, 2.75) is 32.6 Å². The second-order valence-electron chi connectivity index (χ2n) is 6.08. The summed E-state index contributed by atoms with van der Waals surface area (Å²) in [4.78, 5) is 14.1. The van der Waals surface area contributed by atoms with Crippen LogP contribution in [-0.4, -0.2) is 55.5 Å². The van der Waals surface area contributed by atoms with Crippen LogP contribution in [0.4, 0.5) is 0 Å². The maximum Gasteiger partial charge on any atom is 0.222 e. The topological polar surface area (TPSA) is 57.7 Å². The first-order valence-corrected chi connectivity index (χ1v) is 10.4. The Bertz CT molecular complexity index is 638. The van der Waals surface area contributed by atoms with Crippen LogP contribution in [0.3, 0.4) is 0 Å². The van der Waals surface area contributed by atoms with E-state index in [0.717, 1.165) is 12.0 Å². The van der Waals surface area contributed by atoms with Gasteiger partial charge in [-0.1, -0.05) is 37.1 Å². The Balaban J connectivity index is 1.79. The van der Waals surface area contributed by atoms with Crippen LogP contribution in [0.2, 0.25) is 5.02 Å². The normalized spacial score (nSPS) is 16.3. The third-order valence-corrected chi connectivity index (χ3v) is 6.49. The first-order valence-electron chi connectivity index (χ1n) is 8.42. The molecule has 0 atom stereocenters. The number of unbranched alkanes of at least 4 members (excludes halogenated alkanes) is 1. The monoisotopic (exact) mass is 372 g/mol. The molecular formula is C17H25ClN2O3S. The Hall–Kier alpha value is -1.11. The second kappa shape index (κ2) is 8.83. The van der Waals surface area contributed by atoms with Gasteiger partial charge in [-0.3, -0.25) is 4.79 Å². The first kappa shape index (κ1) is 19.2. The SMILES string of the molecule is CCCCS(=O)(=O)N1CCN(C(=O)CCc2ccc(Cl)cc2)CC1. The maximum absolute atomic E-state index is 12.3. The third-order valence-electron chi connectivity index (χ3n) is 4.28. The Labute approximate surface area is 149 Å². The number of amides is 1. The van der Waals surface area contributed by atoms with Crippen molar-refractivity contribution in [2.75, 3.05) is 31.9 Å². The van der Waals surface area contributed by atoms with Crippen LogP contribution in [0.25, 0.3) is 0 Å². The fourth-order valence-electron chi connectivity index (χ4n) is 2.73. The molecule has 0 N–H and O–H groups in total. The van der Waals surface area contributed by atoms with E-state index >= 15 is 0 Å². The van der Waals surface area contributed by atoms with Gasteiger partial charge in [-0.15, -0.1) is 0 Å². The average Bonchev–Trinajstić information content (AvgIpc) is 2.59. The van der Waals surface area contributed by atoms with Gasteiger partial charge in [-0.05, 0) is 30.5 Å². The lowest BCUT2D eigenvalue weighted by Crippen LogP contribution is -2.51. The van der Waals surface area contributed by atoms with Gasteiger partial charge < -0.3 is 4.90 Å². The molecule has 5 nitrogen and oxygen atoms in total. The van der Waals surface area contributed by atoms with Gasteiger partial charge in [0.05, 0.1) is 5.75 Å². The lowest BCUT2D eigenvalue weighted by molar-refractivity contribution is -0.132. The highest BCUT2D eigenvalue weighted by atomic mass is 35.5. The van der Waals surface area contributed by atoms with Crippen LogP contribution in [0, 0.1) is 0 Å². The van der Waals surface area contributed by atoms with Crippen LogP contribution in [0.5, 0.6) is 0 Å². The summed E-state index contributed by atoms with van der Waals surface area (Å²) in [5, 5.41) is 0.686. The van der Waals surface area contributed by atoms with E-state index < -0.39 is 10.0 Å². The summed E-state index contributed by atoms with van der Waals surface area (Å²) in [6.07, 6.45) is 2.65. The minimum atomic E-state index is -3.17. The van der Waals surface area contributed by atoms with E-state index in [1.807, 2.05) is 31.2 Å². The number of carbonyl (C=O) groups is 1. The summed E-state index contributed by atoms with van der Waals surface area (Å²) in [5.74, 6) is 0.282. The molecule has 0 saturated carbocycles. The van der Waals surface area contributed by atoms with E-state index in [4.69, 9.17) is 11.6 Å². The second-order valence-corrected chi connectivity index (χ2v) is 8.60. The van der Waals surface area contributed by atoms with Crippen molar-refractivity contribution in [2.24, 2.45) is 0 Å². The molecule has 1 aromatic rings. The van der Waals surface area contributed by atoms with Gasteiger partial charge >= 0.3 is 0 Å². The molecule has 0 bridgehead atoms. The van der Waals surface area contributed by atoms with E-state index in [-0.39, 0.29) is 11.7 Å². The Morgan fingerprint density at radius 3 is 2.33 bits per heavy atom. The van der Waals surface area contributed by atoms with Gasteiger partial charge in [0.2, 0.25) is 15.9 Å². The van der Waals surface area contributed by atoms with Crippen molar-refractivity contribution in [3.05, 3.63) is 34.9 Å². The number of carbonyl (C=O) groups excluding carboxylic acids is 1. The van der Waals surface area contributed by atoms with Gasteiger partial charge in [-0.2, -0.15) is 4.31 Å². The molecule has 1 amide bonds. The molecule has 1 aromatic carbocycles. The zero-order valence-corrected chi connectivity index (χ0v) is 15.7. The molecule has 1 heterocycles. The summed E-state index contributed by atoms with van der Waals surface area (Å²) in [7, 11) is -3.17. The van der Waals surface area contributed by atoms with Gasteiger partial charge in [0.1, 0.15) is 0 Å². The quantitative estimate of drug-likeness (QED) is 0.739. The van der Waals surface area contributed by atoms with Crippen LogP contribution >= 0.6 is 11.6 Å². The molecule has 0 aromatic heterocycles. The molecular weight excluding hydrogens is 348 g/mol. The number of benzene rings is 1. The van der Waals surface area contributed by atoms with E-state index in [1.165, 1.54) is 4.31 Å². The fourth-order valence-corrected chi connectivity index (χ4v) is 4.49. The van der Waals surface area contributed by atoms with Crippen molar-refractivity contribution >= 4 is 27.5 Å². The number of piperazine rings is 1. The first-order chi connectivity index (χ1) is 11.4. The molecule has 1 saturated heterocycles. The minimum absolute atomic E-state index is 0.0792. The van der Waals surface area contributed by atoms with Gasteiger partial charge in [-0.25, -0.2) is 8.42 Å². The van der Waals surface area contributed by atoms with Crippen LogP contribution in [0.1, 0.15) is 31.7 Å². The molecule has 1 aliphatic rings. The highest BCUT2D eigenvalue weighted by molar-refractivity contribution is 7.89. The number of hydrogen-bond acceptors (Lipinski definition) is 3. The predicted octanol–water partition coefficient (Wildman–Crippen LogP) is 2.55. The summed E-state index contributed by atoms with van der Waals surface area (Å²) < 4.78 is 25.9. The molecule has 0 radical (unpaired) electrons. The van der Waals surface area contributed by atoms with E-state index in [2.05, 4.69) is 0 Å². The number of aryl methyl sites for hydroxylation is 1. The summed E-state index contributed by atoms with van der Waals surface area (Å²) in [6, 6.07) is 7.49. The van der Waals surface area contributed by atoms with Gasteiger partial charge in [0.15, 0.2) is 0 Å². The molecule has 0 spiro atoms. The third kappa shape index (κ3) is 5.46. The largest absolute Gasteiger partial charge is 0.340 e. The molecule has 2 rings (SSSR count). The van der Waals surface area contributed by atoms with E-state index in [1.54, 1.807) is 4.90 Å². The number of sulfonamides is 1. The van der Waals surface area contributed by atoms with Crippen molar-refractivity contribution in [3.63, 3.8) is 0 Å². The number of rotatable bonds is 7. The molecule has 0 unspecified atom stereocenters. The Kier molecular flexibility index (Phi) is 7.07. The number of hydrogen-bond donors (Lipinski definition) is 0. The van der Waals surface area contributed by atoms with E-state index in [9.17, 15) is 13.2 Å². The minimum Gasteiger partial charge on any atom is -0.340 e. The molecule has 134 valence electrons. The van der Waals surface area contributed by atoms with Gasteiger partial charge in [0, 0.05) is 37.6 Å². The average molecular weight is 373 g/mol. The smallest absolute Gasteiger partial charge is 0.222 e. The van der Waals surface area contributed by atoms with Crippen LogP contribution in [0.15, 0.2) is 24.3 Å². The van der Waals surface area contributed by atoms with Crippen molar-refractivity contribution in [3.8, 4) is 0 Å². The van der Waals surface area contributed by atoms with Crippen LogP contribution < -0.4 is 0 Å². The van der Waals surface area contributed by atoms with Crippen molar-refractivity contribution < 1.29 is 13.2 Å². The summed E-state index contributed by atoms with van der Waals surface area (Å²) in [6.45, 7) is 3.74. The van der Waals surface area contributed by atoms with Crippen molar-refractivity contribution in [1.82, 2.24) is 9.21 Å². The lowest BCUT2D eigenvalue weighted by Gasteiger charge is -2.34. The molecule has 1 fully saturated rings. The predicted molar refractivity (Wildman–Crippen MR) is 96.6 cm³/mol. The highest BCUT2D eigenvalue weighted by Crippen LogP contribution is 2.14. The van der Waals surface area contributed by atoms with E-state index in [0.29, 0.717) is 50.5 Å². The molecule has 0 aliphatic carbocycles. The molecule has 24 heavy (non-hydrogen) atoms. The highest BCUT2D eigenvalue weighted by Gasteiger charge is 2.28. The molecule has 7 heteroatoms. The number of nitrogens with zero attached hydrogens (tertiary/aromatic N) is 2.